The first-order valence-electron chi connectivity index (χ1n) is 6.88. The van der Waals surface area contributed by atoms with E-state index in [1.807, 2.05) is 25.2 Å². The summed E-state index contributed by atoms with van der Waals surface area (Å²) in [5.74, 6) is 0.990. The van der Waals surface area contributed by atoms with Crippen LogP contribution in [0.25, 0.3) is 22.4 Å². The number of carbonyl (C=O) groups is 1. The predicted octanol–water partition coefficient (Wildman–Crippen LogP) is 1.20. The van der Waals surface area contributed by atoms with E-state index in [0.29, 0.717) is 23.8 Å². The number of carbonyl (C=O) groups excluding carboxylic acids is 1. The van der Waals surface area contributed by atoms with Gasteiger partial charge in [-0.2, -0.15) is 5.10 Å². The lowest BCUT2D eigenvalue weighted by Crippen LogP contribution is -2.17. The average Bonchev–Trinajstić information content (AvgIpc) is 3.01. The van der Waals surface area contributed by atoms with Crippen molar-refractivity contribution >= 4 is 22.8 Å². The molecule has 1 aromatic carbocycles. The third kappa shape index (κ3) is 1.68. The molecule has 2 N–H and O–H groups in total. The summed E-state index contributed by atoms with van der Waals surface area (Å²) in [4.78, 5) is 22.5. The van der Waals surface area contributed by atoms with E-state index in [2.05, 4.69) is 15.1 Å². The molecule has 0 bridgehead atoms. The molecule has 1 aliphatic rings. The monoisotopic (exact) mass is 294 g/mol. The number of aryl methyl sites for hydroxylation is 1. The number of amides is 1. The first-order valence-corrected chi connectivity index (χ1v) is 6.88. The number of aromatic nitrogens is 4. The Hall–Kier alpha value is -2.96. The van der Waals surface area contributed by atoms with Gasteiger partial charge >= 0.3 is 0 Å². The lowest BCUT2D eigenvalue weighted by molar-refractivity contribution is 0.0816. The van der Waals surface area contributed by atoms with Crippen LogP contribution in [0.4, 0.5) is 5.82 Å². The molecule has 0 spiro atoms. The van der Waals surface area contributed by atoms with Crippen molar-refractivity contribution in [2.45, 2.75) is 6.54 Å². The predicted molar refractivity (Wildman–Crippen MR) is 81.9 cm³/mol. The van der Waals surface area contributed by atoms with Crippen LogP contribution in [0.15, 0.2) is 24.4 Å². The fourth-order valence-electron chi connectivity index (χ4n) is 2.78. The van der Waals surface area contributed by atoms with Crippen molar-refractivity contribution in [2.75, 3.05) is 12.8 Å². The molecule has 3 heterocycles. The van der Waals surface area contributed by atoms with Crippen LogP contribution in [0.3, 0.4) is 0 Å². The normalized spacial score (nSPS) is 13.9. The fraction of sp³-hybridized carbons (Fsp3) is 0.200. The second-order valence-electron chi connectivity index (χ2n) is 5.47. The van der Waals surface area contributed by atoms with Gasteiger partial charge in [0.05, 0.1) is 11.6 Å². The van der Waals surface area contributed by atoms with E-state index in [0.717, 1.165) is 22.1 Å². The zero-order valence-electron chi connectivity index (χ0n) is 12.2. The second kappa shape index (κ2) is 4.27. The molecule has 0 saturated heterocycles. The largest absolute Gasteiger partial charge is 0.383 e. The van der Waals surface area contributed by atoms with Crippen molar-refractivity contribution < 1.29 is 4.79 Å². The summed E-state index contributed by atoms with van der Waals surface area (Å²) in [5.41, 5.74) is 9.25. The Morgan fingerprint density at radius 3 is 2.86 bits per heavy atom. The highest BCUT2D eigenvalue weighted by Crippen LogP contribution is 2.28. The number of hydrogen-bond donors (Lipinski definition) is 1. The molecule has 7 heteroatoms. The van der Waals surface area contributed by atoms with Gasteiger partial charge in [-0.1, -0.05) is 6.07 Å². The molecular formula is C15H14N6O. The first-order chi connectivity index (χ1) is 10.5. The van der Waals surface area contributed by atoms with Gasteiger partial charge in [-0.25, -0.2) is 9.97 Å². The van der Waals surface area contributed by atoms with E-state index in [4.69, 9.17) is 5.73 Å². The van der Waals surface area contributed by atoms with Gasteiger partial charge in [-0.05, 0) is 17.7 Å². The van der Waals surface area contributed by atoms with E-state index in [9.17, 15) is 4.79 Å². The van der Waals surface area contributed by atoms with Crippen LogP contribution in [-0.2, 0) is 13.6 Å². The molecule has 0 atom stereocenters. The Bertz CT molecular complexity index is 929. The molecule has 110 valence electrons. The van der Waals surface area contributed by atoms with Crippen molar-refractivity contribution in [1.29, 1.82) is 0 Å². The van der Waals surface area contributed by atoms with Gasteiger partial charge in [-0.3, -0.25) is 9.48 Å². The van der Waals surface area contributed by atoms with Crippen molar-refractivity contribution in [1.82, 2.24) is 24.6 Å². The zero-order chi connectivity index (χ0) is 15.4. The minimum absolute atomic E-state index is 0.0454. The molecule has 0 fully saturated rings. The molecular weight excluding hydrogens is 280 g/mol. The molecule has 0 unspecified atom stereocenters. The molecule has 0 aliphatic carbocycles. The maximum Gasteiger partial charge on any atom is 0.254 e. The zero-order valence-corrected chi connectivity index (χ0v) is 12.2. The van der Waals surface area contributed by atoms with E-state index in [1.54, 1.807) is 22.8 Å². The second-order valence-corrected chi connectivity index (χ2v) is 5.47. The number of nitrogen functional groups attached to an aromatic ring is 1. The van der Waals surface area contributed by atoms with Gasteiger partial charge < -0.3 is 10.6 Å². The minimum Gasteiger partial charge on any atom is -0.383 e. The smallest absolute Gasteiger partial charge is 0.254 e. The fourth-order valence-corrected chi connectivity index (χ4v) is 2.78. The number of hydrogen-bond acceptors (Lipinski definition) is 5. The van der Waals surface area contributed by atoms with Crippen molar-refractivity contribution in [3.8, 4) is 11.4 Å². The van der Waals surface area contributed by atoms with Gasteiger partial charge in [0.15, 0.2) is 11.5 Å². The summed E-state index contributed by atoms with van der Waals surface area (Å²) in [7, 11) is 3.60. The Kier molecular flexibility index (Phi) is 2.47. The number of rotatable bonds is 1. The van der Waals surface area contributed by atoms with Crippen molar-refractivity contribution in [2.24, 2.45) is 7.05 Å². The van der Waals surface area contributed by atoms with Gasteiger partial charge in [0.25, 0.3) is 5.91 Å². The molecule has 7 nitrogen and oxygen atoms in total. The Morgan fingerprint density at radius 2 is 2.05 bits per heavy atom. The standard InChI is InChI=1S/C15H14N6O/c1-20-7-9-5-8(3-4-10(9)15(20)22)13-18-12(16)11-6-17-21(2)14(11)19-13/h3-6H,7H2,1-2H3,(H2,16,18,19). The summed E-state index contributed by atoms with van der Waals surface area (Å²) in [6.07, 6.45) is 1.66. The van der Waals surface area contributed by atoms with Gasteiger partial charge in [0, 0.05) is 31.8 Å². The summed E-state index contributed by atoms with van der Waals surface area (Å²) >= 11 is 0. The third-order valence-electron chi connectivity index (χ3n) is 3.97. The molecule has 22 heavy (non-hydrogen) atoms. The quantitative estimate of drug-likeness (QED) is 0.728. The summed E-state index contributed by atoms with van der Waals surface area (Å²) in [6, 6.07) is 5.63. The molecule has 1 amide bonds. The third-order valence-corrected chi connectivity index (χ3v) is 3.97. The Morgan fingerprint density at radius 1 is 1.23 bits per heavy atom. The summed E-state index contributed by atoms with van der Waals surface area (Å²) in [5, 5.41) is 4.89. The maximum atomic E-state index is 11.9. The highest BCUT2D eigenvalue weighted by Gasteiger charge is 2.24. The van der Waals surface area contributed by atoms with E-state index < -0.39 is 0 Å². The van der Waals surface area contributed by atoms with E-state index in [-0.39, 0.29) is 5.91 Å². The molecule has 0 radical (unpaired) electrons. The lowest BCUT2D eigenvalue weighted by atomic mass is 10.1. The molecule has 4 rings (SSSR count). The lowest BCUT2D eigenvalue weighted by Gasteiger charge is -2.05. The Labute approximate surface area is 126 Å². The SMILES string of the molecule is CN1Cc2cc(-c3nc(N)c4cnn(C)c4n3)ccc2C1=O. The molecule has 2 aromatic heterocycles. The van der Waals surface area contributed by atoms with Crippen LogP contribution in [0.5, 0.6) is 0 Å². The highest BCUT2D eigenvalue weighted by atomic mass is 16.2. The van der Waals surface area contributed by atoms with E-state index in [1.165, 1.54) is 0 Å². The minimum atomic E-state index is 0.0454. The molecule has 0 saturated carbocycles. The number of nitrogens with two attached hydrogens (primary N) is 1. The van der Waals surface area contributed by atoms with Crippen LogP contribution in [-0.4, -0.2) is 37.6 Å². The summed E-state index contributed by atoms with van der Waals surface area (Å²) in [6.45, 7) is 0.603. The van der Waals surface area contributed by atoms with Crippen LogP contribution < -0.4 is 5.73 Å². The summed E-state index contributed by atoms with van der Waals surface area (Å²) < 4.78 is 1.67. The van der Waals surface area contributed by atoms with Gasteiger partial charge in [-0.15, -0.1) is 0 Å². The van der Waals surface area contributed by atoms with Crippen LogP contribution in [0, 0.1) is 0 Å². The van der Waals surface area contributed by atoms with Crippen LogP contribution in [0.1, 0.15) is 15.9 Å². The molecule has 3 aromatic rings. The van der Waals surface area contributed by atoms with E-state index >= 15 is 0 Å². The number of benzene rings is 1. The molecule has 1 aliphatic heterocycles. The average molecular weight is 294 g/mol. The first kappa shape index (κ1) is 12.8. The number of nitrogens with zero attached hydrogens (tertiary/aromatic N) is 5. The van der Waals surface area contributed by atoms with Crippen molar-refractivity contribution in [3.63, 3.8) is 0 Å². The topological polar surface area (TPSA) is 89.9 Å². The van der Waals surface area contributed by atoms with Gasteiger partial charge in [0.2, 0.25) is 0 Å². The number of fused-ring (bicyclic) bond motifs is 2. The van der Waals surface area contributed by atoms with Crippen LogP contribution >= 0.6 is 0 Å². The van der Waals surface area contributed by atoms with Gasteiger partial charge in [0.1, 0.15) is 5.82 Å². The number of anilines is 1. The van der Waals surface area contributed by atoms with Crippen LogP contribution in [0.2, 0.25) is 0 Å². The maximum absolute atomic E-state index is 11.9. The van der Waals surface area contributed by atoms with Crippen molar-refractivity contribution in [3.05, 3.63) is 35.5 Å². The highest BCUT2D eigenvalue weighted by molar-refractivity contribution is 5.98. The Balaban J connectivity index is 1.88.